The van der Waals surface area contributed by atoms with E-state index in [-0.39, 0.29) is 0 Å². The van der Waals surface area contributed by atoms with Crippen LogP contribution in [0.4, 0.5) is 11.4 Å². The van der Waals surface area contributed by atoms with Crippen molar-refractivity contribution in [2.75, 3.05) is 4.90 Å². The van der Waals surface area contributed by atoms with Crippen LogP contribution in [-0.2, 0) is 0 Å². The van der Waals surface area contributed by atoms with Gasteiger partial charge >= 0.3 is 0 Å². The molecule has 1 aliphatic heterocycles. The van der Waals surface area contributed by atoms with Crippen LogP contribution in [0.25, 0.3) is 72.4 Å². The number of furan rings is 1. The van der Waals surface area contributed by atoms with Gasteiger partial charge in [-0.1, -0.05) is 103 Å². The summed E-state index contributed by atoms with van der Waals surface area (Å²) in [5, 5.41) is 4.73. The van der Waals surface area contributed by atoms with E-state index in [1.165, 1.54) is 21.7 Å². The molecule has 6 aromatic carbocycles. The van der Waals surface area contributed by atoms with Gasteiger partial charge in [-0.3, -0.25) is 0 Å². The number of hydrogen-bond acceptors (Lipinski definition) is 3. The van der Waals surface area contributed by atoms with E-state index in [0.29, 0.717) is 0 Å². The molecule has 3 nitrogen and oxygen atoms in total. The molecule has 0 spiro atoms. The zero-order valence-corrected chi connectivity index (χ0v) is 23.8. The standard InChI is InChI=1S/C41H26N2O/c1-3-11-27(12-4-1)35-24-31(25-36(42-35)28-13-5-2-6-14-28)29-15-9-17-32(23-29)43-22-21-34-40-30(16-10-19-37(40)43)26-39-41(34)33-18-7-8-20-38(33)44-39/h1-26H. The molecule has 0 amide bonds. The topological polar surface area (TPSA) is 29.3 Å². The van der Waals surface area contributed by atoms with Crippen molar-refractivity contribution in [1.29, 1.82) is 0 Å². The molecule has 0 aliphatic carbocycles. The van der Waals surface area contributed by atoms with Gasteiger partial charge in [-0.2, -0.15) is 0 Å². The van der Waals surface area contributed by atoms with Crippen LogP contribution in [0.3, 0.4) is 0 Å². The number of rotatable bonds is 4. The molecule has 8 aromatic rings. The van der Waals surface area contributed by atoms with Crippen LogP contribution in [0.15, 0.2) is 156 Å². The van der Waals surface area contributed by atoms with Crippen molar-refractivity contribution in [2.45, 2.75) is 0 Å². The quantitative estimate of drug-likeness (QED) is 0.214. The summed E-state index contributed by atoms with van der Waals surface area (Å²) in [5.41, 5.74) is 11.7. The highest BCUT2D eigenvalue weighted by atomic mass is 16.3. The Morgan fingerprint density at radius 1 is 0.500 bits per heavy atom. The van der Waals surface area contributed by atoms with Gasteiger partial charge < -0.3 is 9.32 Å². The fraction of sp³-hybridized carbons (Fsp3) is 0. The molecule has 0 N–H and O–H groups in total. The molecule has 44 heavy (non-hydrogen) atoms. The molecule has 0 unspecified atom stereocenters. The molecule has 0 saturated carbocycles. The second kappa shape index (κ2) is 9.82. The first kappa shape index (κ1) is 24.6. The summed E-state index contributed by atoms with van der Waals surface area (Å²) >= 11 is 0. The zero-order chi connectivity index (χ0) is 29.0. The Kier molecular flexibility index (Phi) is 5.50. The lowest BCUT2D eigenvalue weighted by Crippen LogP contribution is -2.12. The van der Waals surface area contributed by atoms with E-state index >= 15 is 0 Å². The van der Waals surface area contributed by atoms with Gasteiger partial charge in [0.2, 0.25) is 0 Å². The predicted molar refractivity (Wildman–Crippen MR) is 183 cm³/mol. The fourth-order valence-electron chi connectivity index (χ4n) is 6.55. The summed E-state index contributed by atoms with van der Waals surface area (Å²) in [7, 11) is 0. The van der Waals surface area contributed by atoms with Crippen molar-refractivity contribution in [3.63, 3.8) is 0 Å². The summed E-state index contributed by atoms with van der Waals surface area (Å²) in [6.45, 7) is 0. The summed E-state index contributed by atoms with van der Waals surface area (Å²) in [4.78, 5) is 7.37. The highest BCUT2D eigenvalue weighted by Gasteiger charge is 2.22. The van der Waals surface area contributed by atoms with Gasteiger partial charge in [0, 0.05) is 39.2 Å². The SMILES string of the molecule is C1=CN(c2cccc(-c3cc(-c4ccccc4)nc(-c4ccccc4)c3)c2)c2cccc3cc4oc5ccccc5c4c1c23. The van der Waals surface area contributed by atoms with E-state index in [2.05, 4.69) is 139 Å². The van der Waals surface area contributed by atoms with Crippen LogP contribution in [0.1, 0.15) is 5.56 Å². The van der Waals surface area contributed by atoms with Gasteiger partial charge in [0.25, 0.3) is 0 Å². The number of pyridine rings is 1. The second-order valence-electron chi connectivity index (χ2n) is 11.2. The van der Waals surface area contributed by atoms with E-state index in [1.54, 1.807) is 0 Å². The van der Waals surface area contributed by atoms with Crippen molar-refractivity contribution >= 4 is 50.2 Å². The van der Waals surface area contributed by atoms with Gasteiger partial charge in [0.1, 0.15) is 11.2 Å². The Morgan fingerprint density at radius 2 is 1.18 bits per heavy atom. The Morgan fingerprint density at radius 3 is 1.95 bits per heavy atom. The summed E-state index contributed by atoms with van der Waals surface area (Å²) < 4.78 is 6.27. The highest BCUT2D eigenvalue weighted by molar-refractivity contribution is 6.20. The normalized spacial score (nSPS) is 12.4. The van der Waals surface area contributed by atoms with Crippen LogP contribution in [0, 0.1) is 0 Å². The third kappa shape index (κ3) is 3.94. The molecule has 0 bridgehead atoms. The second-order valence-corrected chi connectivity index (χ2v) is 11.2. The van der Waals surface area contributed by atoms with Crippen molar-refractivity contribution in [3.8, 4) is 33.6 Å². The lowest BCUT2D eigenvalue weighted by molar-refractivity contribution is 0.669. The predicted octanol–water partition coefficient (Wildman–Crippen LogP) is 11.3. The average Bonchev–Trinajstić information content (AvgIpc) is 3.47. The molecule has 0 atom stereocenters. The molecule has 9 rings (SSSR count). The minimum atomic E-state index is 0.918. The maximum atomic E-state index is 6.27. The van der Waals surface area contributed by atoms with Crippen molar-refractivity contribution in [1.82, 2.24) is 4.98 Å². The fourth-order valence-corrected chi connectivity index (χ4v) is 6.55. The molecule has 3 heteroatoms. The van der Waals surface area contributed by atoms with Gasteiger partial charge in [0.05, 0.1) is 17.1 Å². The maximum Gasteiger partial charge on any atom is 0.136 e. The molecule has 0 radical (unpaired) electrons. The number of para-hydroxylation sites is 1. The number of aromatic nitrogens is 1. The van der Waals surface area contributed by atoms with Gasteiger partial charge in [-0.25, -0.2) is 4.98 Å². The smallest absolute Gasteiger partial charge is 0.136 e. The highest BCUT2D eigenvalue weighted by Crippen LogP contribution is 2.45. The maximum absolute atomic E-state index is 6.27. The van der Waals surface area contributed by atoms with Crippen LogP contribution in [0.2, 0.25) is 0 Å². The molecule has 0 fully saturated rings. The number of fused-ring (bicyclic) bond motifs is 4. The lowest BCUT2D eigenvalue weighted by Gasteiger charge is -2.27. The summed E-state index contributed by atoms with van der Waals surface area (Å²) in [6, 6.07) is 51.0. The van der Waals surface area contributed by atoms with E-state index in [1.807, 2.05) is 24.3 Å². The lowest BCUT2D eigenvalue weighted by atomic mass is 9.94. The van der Waals surface area contributed by atoms with Gasteiger partial charge in [0.15, 0.2) is 0 Å². The minimum absolute atomic E-state index is 0.918. The van der Waals surface area contributed by atoms with E-state index in [0.717, 1.165) is 61.6 Å². The number of hydrogen-bond donors (Lipinski definition) is 0. The third-order valence-electron chi connectivity index (χ3n) is 8.59. The Hall–Kier alpha value is -5.93. The van der Waals surface area contributed by atoms with E-state index < -0.39 is 0 Å². The van der Waals surface area contributed by atoms with Crippen molar-refractivity contribution in [2.24, 2.45) is 0 Å². The van der Waals surface area contributed by atoms with Crippen molar-refractivity contribution < 1.29 is 4.42 Å². The Balaban J connectivity index is 1.19. The average molecular weight is 563 g/mol. The number of anilines is 2. The first-order valence-electron chi connectivity index (χ1n) is 14.9. The Bertz CT molecular complexity index is 2330. The van der Waals surface area contributed by atoms with Gasteiger partial charge in [-0.05, 0) is 70.6 Å². The van der Waals surface area contributed by atoms with Gasteiger partial charge in [-0.15, -0.1) is 0 Å². The van der Waals surface area contributed by atoms with E-state index in [4.69, 9.17) is 9.40 Å². The molecular weight excluding hydrogens is 536 g/mol. The monoisotopic (exact) mass is 562 g/mol. The zero-order valence-electron chi connectivity index (χ0n) is 23.8. The Labute approximate surface area is 255 Å². The molecule has 1 aliphatic rings. The first-order valence-corrected chi connectivity index (χ1v) is 14.9. The van der Waals surface area contributed by atoms with Crippen LogP contribution in [0.5, 0.6) is 0 Å². The van der Waals surface area contributed by atoms with Crippen molar-refractivity contribution in [3.05, 3.63) is 157 Å². The minimum Gasteiger partial charge on any atom is -0.456 e. The summed E-state index contributed by atoms with van der Waals surface area (Å²) in [6.07, 6.45) is 4.43. The number of benzene rings is 6. The molecule has 0 saturated heterocycles. The molecule has 2 aromatic heterocycles. The summed E-state index contributed by atoms with van der Waals surface area (Å²) in [5.74, 6) is 0. The van der Waals surface area contributed by atoms with Crippen LogP contribution >= 0.6 is 0 Å². The largest absolute Gasteiger partial charge is 0.456 e. The number of nitrogens with zero attached hydrogens (tertiary/aromatic N) is 2. The first-order chi connectivity index (χ1) is 21.8. The molecule has 3 heterocycles. The van der Waals surface area contributed by atoms with Crippen LogP contribution in [-0.4, -0.2) is 4.98 Å². The molecular formula is C41H26N2O. The molecule has 206 valence electrons. The van der Waals surface area contributed by atoms with Crippen LogP contribution < -0.4 is 4.90 Å². The van der Waals surface area contributed by atoms with E-state index in [9.17, 15) is 0 Å². The third-order valence-corrected chi connectivity index (χ3v) is 8.59.